The summed E-state index contributed by atoms with van der Waals surface area (Å²) in [6.07, 6.45) is 2.92. The summed E-state index contributed by atoms with van der Waals surface area (Å²) in [7, 11) is 2.15. The fourth-order valence-corrected chi connectivity index (χ4v) is 6.20. The van der Waals surface area contributed by atoms with Gasteiger partial charge in [0.25, 0.3) is 0 Å². The zero-order valence-corrected chi connectivity index (χ0v) is 26.7. The molecule has 2 aromatic rings. The molecule has 8 heteroatoms. The Kier molecular flexibility index (Phi) is 10.3. The largest absolute Gasteiger partial charge is 0.493 e. The van der Waals surface area contributed by atoms with Crippen LogP contribution in [0.15, 0.2) is 22.7 Å². The van der Waals surface area contributed by atoms with E-state index in [0.717, 1.165) is 90.3 Å². The van der Waals surface area contributed by atoms with E-state index in [9.17, 15) is 4.79 Å². The van der Waals surface area contributed by atoms with Crippen molar-refractivity contribution in [2.45, 2.75) is 91.6 Å². The lowest BCUT2D eigenvalue weighted by molar-refractivity contribution is -0.171. The van der Waals surface area contributed by atoms with Gasteiger partial charge < -0.3 is 23.8 Å². The lowest BCUT2D eigenvalue weighted by Crippen LogP contribution is -2.32. The van der Waals surface area contributed by atoms with Crippen LogP contribution in [0.1, 0.15) is 82.5 Å². The van der Waals surface area contributed by atoms with Gasteiger partial charge in [-0.1, -0.05) is 6.07 Å². The number of nitrogens with zero attached hydrogens (tertiary/aromatic N) is 2. The van der Waals surface area contributed by atoms with Gasteiger partial charge in [0.1, 0.15) is 5.75 Å². The van der Waals surface area contributed by atoms with Gasteiger partial charge in [-0.3, -0.25) is 4.98 Å². The van der Waals surface area contributed by atoms with E-state index < -0.39 is 17.7 Å². The van der Waals surface area contributed by atoms with Crippen molar-refractivity contribution >= 4 is 21.9 Å². The second kappa shape index (κ2) is 13.3. The molecule has 2 aliphatic heterocycles. The number of aromatic nitrogens is 1. The van der Waals surface area contributed by atoms with Gasteiger partial charge in [-0.2, -0.15) is 0 Å². The number of rotatable bonds is 9. The highest BCUT2D eigenvalue weighted by Crippen LogP contribution is 2.43. The Hall–Kier alpha value is -2.00. The number of hydrogen-bond donors (Lipinski definition) is 0. The summed E-state index contributed by atoms with van der Waals surface area (Å²) >= 11 is 3.95. The zero-order chi connectivity index (χ0) is 29.0. The lowest BCUT2D eigenvalue weighted by atomic mass is 9.91. The molecular weight excluding hydrogens is 572 g/mol. The first-order valence-electron chi connectivity index (χ1n) is 14.5. The van der Waals surface area contributed by atoms with E-state index in [2.05, 4.69) is 40.0 Å². The smallest absolute Gasteiger partial charge is 0.340 e. The van der Waals surface area contributed by atoms with Crippen molar-refractivity contribution in [1.29, 1.82) is 0 Å². The van der Waals surface area contributed by atoms with E-state index in [-0.39, 0.29) is 6.10 Å². The molecule has 0 bridgehead atoms. The van der Waals surface area contributed by atoms with E-state index in [0.29, 0.717) is 12.5 Å². The van der Waals surface area contributed by atoms with Crippen molar-refractivity contribution in [3.8, 4) is 16.9 Å². The molecule has 1 aromatic heterocycles. The number of esters is 1. The van der Waals surface area contributed by atoms with Crippen molar-refractivity contribution in [2.24, 2.45) is 5.92 Å². The molecule has 40 heavy (non-hydrogen) atoms. The van der Waals surface area contributed by atoms with E-state index in [1.165, 1.54) is 5.56 Å². The molecule has 0 saturated carbocycles. The molecule has 0 amide bonds. The molecule has 1 atom stereocenters. The SMILES string of the molecule is Cc1nc(CN(C)CC2CCOCC2)c(Br)c(-c2ccc3c(c2)CCCO3)c1C(OC(C)(C)C)C(=O)OC(C)C. The number of pyridine rings is 1. The van der Waals surface area contributed by atoms with Crippen LogP contribution in [-0.2, 0) is 32.0 Å². The van der Waals surface area contributed by atoms with Crippen LogP contribution in [0.3, 0.4) is 0 Å². The summed E-state index contributed by atoms with van der Waals surface area (Å²) in [6, 6.07) is 6.30. The summed E-state index contributed by atoms with van der Waals surface area (Å²) in [4.78, 5) is 21.0. The van der Waals surface area contributed by atoms with Gasteiger partial charge in [0.05, 0.1) is 24.0 Å². The molecule has 4 rings (SSSR count). The Morgan fingerprint density at radius 2 is 1.93 bits per heavy atom. The van der Waals surface area contributed by atoms with Crippen molar-refractivity contribution in [3.05, 3.63) is 45.2 Å². The van der Waals surface area contributed by atoms with E-state index in [4.69, 9.17) is 23.9 Å². The predicted octanol–water partition coefficient (Wildman–Crippen LogP) is 6.81. The number of hydrogen-bond acceptors (Lipinski definition) is 7. The quantitative estimate of drug-likeness (QED) is 0.287. The van der Waals surface area contributed by atoms with Crippen LogP contribution in [0.2, 0.25) is 0 Å². The summed E-state index contributed by atoms with van der Waals surface area (Å²) in [5.74, 6) is 1.14. The molecule has 0 spiro atoms. The highest BCUT2D eigenvalue weighted by Gasteiger charge is 2.35. The van der Waals surface area contributed by atoms with Crippen LogP contribution in [-0.4, -0.2) is 61.0 Å². The Morgan fingerprint density at radius 1 is 1.20 bits per heavy atom. The molecule has 1 saturated heterocycles. The average molecular weight is 618 g/mol. The van der Waals surface area contributed by atoms with Gasteiger partial charge in [0, 0.05) is 47.6 Å². The number of halogens is 1. The molecule has 0 radical (unpaired) electrons. The van der Waals surface area contributed by atoms with Crippen molar-refractivity contribution in [3.63, 3.8) is 0 Å². The van der Waals surface area contributed by atoms with Gasteiger partial charge in [0.2, 0.25) is 0 Å². The van der Waals surface area contributed by atoms with Crippen LogP contribution in [0.4, 0.5) is 0 Å². The third-order valence-corrected chi connectivity index (χ3v) is 8.12. The normalized spacial score (nSPS) is 17.1. The molecule has 1 fully saturated rings. The topological polar surface area (TPSA) is 70.1 Å². The summed E-state index contributed by atoms with van der Waals surface area (Å²) in [5, 5.41) is 0. The predicted molar refractivity (Wildman–Crippen MR) is 161 cm³/mol. The minimum absolute atomic E-state index is 0.266. The molecule has 2 aliphatic rings. The minimum atomic E-state index is -0.928. The molecule has 1 unspecified atom stereocenters. The molecule has 0 N–H and O–H groups in total. The van der Waals surface area contributed by atoms with Crippen LogP contribution in [0.5, 0.6) is 5.75 Å². The van der Waals surface area contributed by atoms with Crippen molar-refractivity contribution in [1.82, 2.24) is 9.88 Å². The van der Waals surface area contributed by atoms with Crippen LogP contribution >= 0.6 is 15.9 Å². The zero-order valence-electron chi connectivity index (χ0n) is 25.1. The van der Waals surface area contributed by atoms with Gasteiger partial charge in [-0.05, 0) is 119 Å². The maximum absolute atomic E-state index is 13.6. The monoisotopic (exact) mass is 616 g/mol. The van der Waals surface area contributed by atoms with Crippen LogP contribution < -0.4 is 4.74 Å². The lowest BCUT2D eigenvalue weighted by Gasteiger charge is -2.31. The minimum Gasteiger partial charge on any atom is -0.493 e. The fourth-order valence-electron chi connectivity index (χ4n) is 5.54. The number of aryl methyl sites for hydroxylation is 2. The van der Waals surface area contributed by atoms with Gasteiger partial charge >= 0.3 is 5.97 Å². The van der Waals surface area contributed by atoms with Gasteiger partial charge in [0.15, 0.2) is 6.10 Å². The van der Waals surface area contributed by atoms with Crippen LogP contribution in [0, 0.1) is 12.8 Å². The molecule has 0 aliphatic carbocycles. The molecule has 7 nitrogen and oxygen atoms in total. The highest BCUT2D eigenvalue weighted by atomic mass is 79.9. The second-order valence-corrected chi connectivity index (χ2v) is 13.2. The first-order valence-corrected chi connectivity index (χ1v) is 15.3. The number of ether oxygens (including phenoxy) is 4. The maximum atomic E-state index is 13.6. The Balaban J connectivity index is 1.82. The highest BCUT2D eigenvalue weighted by molar-refractivity contribution is 9.10. The molecule has 1 aromatic carbocycles. The fraction of sp³-hybridized carbons (Fsp3) is 0.625. The number of carbonyl (C=O) groups is 1. The standard InChI is InChI=1S/C32H45BrN2O5/c1-20(2)39-31(36)30(40-32(4,5)6)27-21(3)34-25(19-35(7)18-22-12-15-37-16-13-22)29(33)28(27)24-10-11-26-23(17-24)9-8-14-38-26/h10-11,17,20,22,30H,8-9,12-16,18-19H2,1-7H3. The second-order valence-electron chi connectivity index (χ2n) is 12.4. The Labute approximate surface area is 248 Å². The van der Waals surface area contributed by atoms with Crippen molar-refractivity contribution in [2.75, 3.05) is 33.4 Å². The van der Waals surface area contributed by atoms with Crippen LogP contribution in [0.25, 0.3) is 11.1 Å². The van der Waals surface area contributed by atoms with Gasteiger partial charge in [-0.15, -0.1) is 0 Å². The Morgan fingerprint density at radius 3 is 2.60 bits per heavy atom. The molecule has 220 valence electrons. The van der Waals surface area contributed by atoms with Crippen molar-refractivity contribution < 1.29 is 23.7 Å². The molecular formula is C32H45BrN2O5. The summed E-state index contributed by atoms with van der Waals surface area (Å²) < 4.78 is 24.5. The first-order chi connectivity index (χ1) is 18.9. The third-order valence-electron chi connectivity index (χ3n) is 7.26. The average Bonchev–Trinajstić information content (AvgIpc) is 2.88. The Bertz CT molecular complexity index is 1190. The number of fused-ring (bicyclic) bond motifs is 1. The number of carbonyl (C=O) groups excluding carboxylic acids is 1. The van der Waals surface area contributed by atoms with Gasteiger partial charge in [-0.25, -0.2) is 4.79 Å². The first kappa shape index (κ1) is 30.9. The van der Waals surface area contributed by atoms with E-state index in [1.807, 2.05) is 47.6 Å². The summed E-state index contributed by atoms with van der Waals surface area (Å²) in [5.41, 5.74) is 4.95. The summed E-state index contributed by atoms with van der Waals surface area (Å²) in [6.45, 7) is 15.6. The number of benzene rings is 1. The molecule has 3 heterocycles. The van der Waals surface area contributed by atoms with E-state index >= 15 is 0 Å². The van der Waals surface area contributed by atoms with E-state index in [1.54, 1.807) is 0 Å². The third kappa shape index (κ3) is 7.84. The maximum Gasteiger partial charge on any atom is 0.340 e.